The molecule has 0 aliphatic carbocycles. The van der Waals surface area contributed by atoms with Gasteiger partial charge in [0.1, 0.15) is 18.1 Å². The highest BCUT2D eigenvalue weighted by Gasteiger charge is 2.31. The summed E-state index contributed by atoms with van der Waals surface area (Å²) in [6.07, 6.45) is 1.12. The van der Waals surface area contributed by atoms with Gasteiger partial charge in [0.25, 0.3) is 0 Å². The highest BCUT2D eigenvalue weighted by atomic mass is 16.4. The molecule has 2 rings (SSSR count). The molecule has 3 atom stereocenters. The van der Waals surface area contributed by atoms with Crippen molar-refractivity contribution in [3.63, 3.8) is 0 Å². The quantitative estimate of drug-likeness (QED) is 0.0674. The Kier molecular flexibility index (Phi) is 11.0. The number of hydrogen-bond donors (Lipinski definition) is 9. The summed E-state index contributed by atoms with van der Waals surface area (Å²) in [7, 11) is 0. The first kappa shape index (κ1) is 29.6. The Balaban J connectivity index is 2.30. The molecule has 0 radical (unpaired) electrons. The van der Waals surface area contributed by atoms with Crippen LogP contribution in [0, 0.1) is 0 Å². The van der Waals surface area contributed by atoms with Gasteiger partial charge in [-0.2, -0.15) is 0 Å². The van der Waals surface area contributed by atoms with Crippen molar-refractivity contribution >= 4 is 46.5 Å². The number of aromatic nitrogens is 1. The summed E-state index contributed by atoms with van der Waals surface area (Å²) >= 11 is 0. The first-order chi connectivity index (χ1) is 18.0. The number of aliphatic carboxylic acids is 2. The number of nitrogens with zero attached hydrogens (tertiary/aromatic N) is 1. The number of nitrogens with one attached hydrogen (secondary N) is 4. The molecule has 206 valence electrons. The summed E-state index contributed by atoms with van der Waals surface area (Å²) in [6.45, 7) is -0.203. The van der Waals surface area contributed by atoms with Crippen LogP contribution in [0.5, 0.6) is 0 Å². The van der Waals surface area contributed by atoms with Crippen LogP contribution >= 0.6 is 0 Å². The largest absolute Gasteiger partial charge is 0.481 e. The molecule has 0 aliphatic heterocycles. The Morgan fingerprint density at radius 3 is 2.24 bits per heavy atom. The number of amides is 3. The molecular weight excluding hydrogens is 500 g/mol. The Morgan fingerprint density at radius 1 is 0.947 bits per heavy atom. The molecule has 1 heterocycles. The van der Waals surface area contributed by atoms with Gasteiger partial charge in [0, 0.05) is 30.1 Å². The Labute approximate surface area is 217 Å². The molecule has 0 aliphatic rings. The lowest BCUT2D eigenvalue weighted by molar-refractivity contribution is -0.147. The van der Waals surface area contributed by atoms with Gasteiger partial charge < -0.3 is 48.3 Å². The highest BCUT2D eigenvalue weighted by Crippen LogP contribution is 2.19. The van der Waals surface area contributed by atoms with Crippen molar-refractivity contribution < 1.29 is 34.2 Å². The normalized spacial score (nSPS) is 13.1. The summed E-state index contributed by atoms with van der Waals surface area (Å²) in [5, 5.41) is 26.3. The van der Waals surface area contributed by atoms with Crippen molar-refractivity contribution in [2.45, 2.75) is 43.8 Å². The second-order valence-electron chi connectivity index (χ2n) is 8.40. The van der Waals surface area contributed by atoms with Crippen LogP contribution in [-0.4, -0.2) is 82.0 Å². The maximum absolute atomic E-state index is 13.2. The first-order valence-electron chi connectivity index (χ1n) is 11.7. The van der Waals surface area contributed by atoms with Crippen molar-refractivity contribution in [2.75, 3.05) is 13.1 Å². The van der Waals surface area contributed by atoms with Crippen molar-refractivity contribution in [2.24, 2.45) is 22.2 Å². The number of benzene rings is 1. The Hall–Kier alpha value is -4.66. The predicted octanol–water partition coefficient (Wildman–Crippen LogP) is -2.26. The number of rotatable bonds is 15. The highest BCUT2D eigenvalue weighted by molar-refractivity contribution is 5.95. The molecule has 3 amide bonds. The van der Waals surface area contributed by atoms with Crippen LogP contribution in [0.3, 0.4) is 0 Å². The SMILES string of the molecule is NCC(=O)NC(CCCN=C(N)N)C(=O)NC(Cc1c[nH]c2ccccc12)C(=O)NC(CC(=O)O)C(=O)O. The van der Waals surface area contributed by atoms with Crippen LogP contribution < -0.4 is 33.2 Å². The maximum Gasteiger partial charge on any atom is 0.326 e. The van der Waals surface area contributed by atoms with E-state index in [-0.39, 0.29) is 31.9 Å². The van der Waals surface area contributed by atoms with Crippen LogP contribution in [0.2, 0.25) is 0 Å². The van der Waals surface area contributed by atoms with Crippen molar-refractivity contribution in [3.8, 4) is 0 Å². The smallest absolute Gasteiger partial charge is 0.326 e. The number of para-hydroxylation sites is 1. The van der Waals surface area contributed by atoms with Gasteiger partial charge in [-0.1, -0.05) is 18.2 Å². The third-order valence-corrected chi connectivity index (χ3v) is 5.51. The number of carbonyl (C=O) groups excluding carboxylic acids is 3. The van der Waals surface area contributed by atoms with Crippen LogP contribution in [0.25, 0.3) is 10.9 Å². The van der Waals surface area contributed by atoms with Gasteiger partial charge in [-0.25, -0.2) is 4.79 Å². The van der Waals surface area contributed by atoms with E-state index in [9.17, 15) is 29.1 Å². The molecule has 38 heavy (non-hydrogen) atoms. The number of hydrogen-bond acceptors (Lipinski definition) is 7. The number of H-pyrrole nitrogens is 1. The number of carbonyl (C=O) groups is 5. The maximum atomic E-state index is 13.2. The third-order valence-electron chi connectivity index (χ3n) is 5.51. The Morgan fingerprint density at radius 2 is 1.61 bits per heavy atom. The van der Waals surface area contributed by atoms with Gasteiger partial charge in [0.2, 0.25) is 17.7 Å². The molecule has 0 saturated carbocycles. The molecule has 0 saturated heterocycles. The average molecular weight is 533 g/mol. The van der Waals surface area contributed by atoms with E-state index in [1.165, 1.54) is 0 Å². The zero-order valence-electron chi connectivity index (χ0n) is 20.5. The van der Waals surface area contributed by atoms with Gasteiger partial charge in [0.15, 0.2) is 5.96 Å². The van der Waals surface area contributed by atoms with Crippen LogP contribution in [0.15, 0.2) is 35.5 Å². The number of fused-ring (bicyclic) bond motifs is 1. The van der Waals surface area contributed by atoms with Crippen LogP contribution in [0.4, 0.5) is 0 Å². The summed E-state index contributed by atoms with van der Waals surface area (Å²) in [5.41, 5.74) is 17.4. The number of nitrogens with two attached hydrogens (primary N) is 3. The molecule has 15 heteroatoms. The van der Waals surface area contributed by atoms with E-state index in [0.717, 1.165) is 10.9 Å². The number of aliphatic imine (C=N–C) groups is 1. The minimum Gasteiger partial charge on any atom is -0.481 e. The van der Waals surface area contributed by atoms with Crippen LogP contribution in [0.1, 0.15) is 24.8 Å². The summed E-state index contributed by atoms with van der Waals surface area (Å²) in [4.78, 5) is 67.7. The molecule has 0 fully saturated rings. The van der Waals surface area contributed by atoms with Gasteiger partial charge in [-0.3, -0.25) is 24.2 Å². The summed E-state index contributed by atoms with van der Waals surface area (Å²) < 4.78 is 0. The van der Waals surface area contributed by atoms with Gasteiger partial charge in [-0.15, -0.1) is 0 Å². The van der Waals surface area contributed by atoms with E-state index < -0.39 is 54.2 Å². The third kappa shape index (κ3) is 9.09. The number of aromatic amines is 1. The molecule has 2 aromatic rings. The topological polar surface area (TPSA) is 268 Å². The standard InChI is InChI=1S/C23H32N8O7/c24-10-18(32)29-15(6-3-7-27-23(25)26)20(35)30-16(21(36)31-17(22(37)38)9-19(33)34)8-12-11-28-14-5-2-1-4-13(12)14/h1-2,4-5,11,15-17,28H,3,6-10,24H2,(H,29,32)(H,30,35)(H,31,36)(H,33,34)(H,37,38)(H4,25,26,27). The lowest BCUT2D eigenvalue weighted by Crippen LogP contribution is -2.57. The fraction of sp³-hybridized carbons (Fsp3) is 0.391. The molecule has 12 N–H and O–H groups in total. The van der Waals surface area contributed by atoms with E-state index in [4.69, 9.17) is 22.3 Å². The van der Waals surface area contributed by atoms with Crippen LogP contribution in [-0.2, 0) is 30.4 Å². The number of carboxylic acids is 2. The van der Waals surface area contributed by atoms with Gasteiger partial charge >= 0.3 is 11.9 Å². The zero-order chi connectivity index (χ0) is 28.2. The molecule has 1 aromatic heterocycles. The van der Waals surface area contributed by atoms with Crippen molar-refractivity contribution in [3.05, 3.63) is 36.0 Å². The second-order valence-corrected chi connectivity index (χ2v) is 8.40. The zero-order valence-corrected chi connectivity index (χ0v) is 20.5. The number of guanidine groups is 1. The monoisotopic (exact) mass is 532 g/mol. The summed E-state index contributed by atoms with van der Waals surface area (Å²) in [5.74, 6) is -5.38. The lowest BCUT2D eigenvalue weighted by Gasteiger charge is -2.24. The van der Waals surface area contributed by atoms with E-state index in [1.807, 2.05) is 12.1 Å². The predicted molar refractivity (Wildman–Crippen MR) is 137 cm³/mol. The minimum atomic E-state index is -1.73. The molecule has 0 spiro atoms. The van der Waals surface area contributed by atoms with Crippen molar-refractivity contribution in [1.82, 2.24) is 20.9 Å². The lowest BCUT2D eigenvalue weighted by atomic mass is 10.0. The molecule has 15 nitrogen and oxygen atoms in total. The van der Waals surface area contributed by atoms with E-state index >= 15 is 0 Å². The van der Waals surface area contributed by atoms with Crippen molar-refractivity contribution in [1.29, 1.82) is 0 Å². The van der Waals surface area contributed by atoms with Gasteiger partial charge in [-0.05, 0) is 24.5 Å². The van der Waals surface area contributed by atoms with E-state index in [1.54, 1.807) is 18.3 Å². The number of carboxylic acid groups (broad SMARTS) is 2. The minimum absolute atomic E-state index is 0.0629. The van der Waals surface area contributed by atoms with E-state index in [0.29, 0.717) is 12.0 Å². The molecule has 0 bridgehead atoms. The molecule has 1 aromatic carbocycles. The second kappa shape index (κ2) is 14.2. The van der Waals surface area contributed by atoms with E-state index in [2.05, 4.69) is 25.9 Å². The fourth-order valence-electron chi connectivity index (χ4n) is 3.67. The summed E-state index contributed by atoms with van der Waals surface area (Å²) in [6, 6.07) is 3.07. The first-order valence-corrected chi connectivity index (χ1v) is 11.7. The van der Waals surface area contributed by atoms with Gasteiger partial charge in [0.05, 0.1) is 13.0 Å². The average Bonchev–Trinajstić information content (AvgIpc) is 3.27. The Bertz CT molecular complexity index is 1190. The molecule has 3 unspecified atom stereocenters. The fourth-order valence-corrected chi connectivity index (χ4v) is 3.67. The molecular formula is C23H32N8O7.